The van der Waals surface area contributed by atoms with Crippen molar-refractivity contribution in [2.75, 3.05) is 39.3 Å². The Morgan fingerprint density at radius 3 is 2.84 bits per heavy atom. The Balaban J connectivity index is 1.69. The molecule has 1 aliphatic rings. The lowest BCUT2D eigenvalue weighted by molar-refractivity contribution is 0.102. The van der Waals surface area contributed by atoms with Gasteiger partial charge in [0, 0.05) is 50.7 Å². The molecule has 0 aliphatic carbocycles. The first-order valence-corrected chi connectivity index (χ1v) is 7.24. The molecule has 2 N–H and O–H groups in total. The fourth-order valence-electron chi connectivity index (χ4n) is 2.55. The summed E-state index contributed by atoms with van der Waals surface area (Å²) < 4.78 is 0. The van der Waals surface area contributed by atoms with Gasteiger partial charge in [0.2, 0.25) is 0 Å². The number of aromatic nitrogens is 1. The third-order valence-corrected chi connectivity index (χ3v) is 3.84. The van der Waals surface area contributed by atoms with E-state index in [1.165, 1.54) is 5.56 Å². The molecule has 1 aromatic rings. The first-order valence-electron chi connectivity index (χ1n) is 7.24. The van der Waals surface area contributed by atoms with Gasteiger partial charge in [-0.05, 0) is 38.4 Å². The molecule has 0 aromatic carbocycles. The molecule has 0 saturated carbocycles. The van der Waals surface area contributed by atoms with Crippen molar-refractivity contribution in [1.82, 2.24) is 20.5 Å². The Labute approximate surface area is 116 Å². The average molecular weight is 262 g/mol. The first-order chi connectivity index (χ1) is 9.18. The molecule has 0 bridgehead atoms. The minimum Gasteiger partial charge on any atom is -0.315 e. The molecule has 1 aliphatic heterocycles. The molecule has 0 unspecified atom stereocenters. The van der Waals surface area contributed by atoms with Crippen LogP contribution in [0.1, 0.15) is 19.4 Å². The van der Waals surface area contributed by atoms with Gasteiger partial charge in [0.15, 0.2) is 0 Å². The topological polar surface area (TPSA) is 40.2 Å². The lowest BCUT2D eigenvalue weighted by atomic mass is 10.0. The van der Waals surface area contributed by atoms with Crippen molar-refractivity contribution >= 4 is 0 Å². The third-order valence-electron chi connectivity index (χ3n) is 3.84. The first kappa shape index (κ1) is 14.4. The van der Waals surface area contributed by atoms with E-state index in [1.807, 2.05) is 18.5 Å². The summed E-state index contributed by atoms with van der Waals surface area (Å²) in [4.78, 5) is 6.71. The van der Waals surface area contributed by atoms with E-state index in [4.69, 9.17) is 0 Å². The predicted molar refractivity (Wildman–Crippen MR) is 79.3 cm³/mol. The second kappa shape index (κ2) is 6.98. The minimum absolute atomic E-state index is 0.233. The Kier molecular flexibility index (Phi) is 5.31. The second-order valence-electron chi connectivity index (χ2n) is 5.84. The van der Waals surface area contributed by atoms with Gasteiger partial charge in [0.05, 0.1) is 0 Å². The van der Waals surface area contributed by atoms with Crippen LogP contribution >= 0.6 is 0 Å². The van der Waals surface area contributed by atoms with E-state index in [-0.39, 0.29) is 5.54 Å². The summed E-state index contributed by atoms with van der Waals surface area (Å²) in [6.07, 6.45) is 4.82. The van der Waals surface area contributed by atoms with Gasteiger partial charge in [0.25, 0.3) is 0 Å². The van der Waals surface area contributed by atoms with Crippen molar-refractivity contribution in [3.8, 4) is 0 Å². The Morgan fingerprint density at radius 2 is 2.16 bits per heavy atom. The van der Waals surface area contributed by atoms with Crippen molar-refractivity contribution in [2.45, 2.75) is 25.8 Å². The number of nitrogens with one attached hydrogen (secondary N) is 2. The van der Waals surface area contributed by atoms with Gasteiger partial charge in [-0.15, -0.1) is 0 Å². The van der Waals surface area contributed by atoms with Crippen molar-refractivity contribution in [2.24, 2.45) is 0 Å². The largest absolute Gasteiger partial charge is 0.315 e. The second-order valence-corrected chi connectivity index (χ2v) is 5.84. The third kappa shape index (κ3) is 4.56. The van der Waals surface area contributed by atoms with Crippen LogP contribution in [0.3, 0.4) is 0 Å². The van der Waals surface area contributed by atoms with Gasteiger partial charge in [-0.1, -0.05) is 6.07 Å². The summed E-state index contributed by atoms with van der Waals surface area (Å²) in [6, 6.07) is 4.14. The number of nitrogens with zero attached hydrogens (tertiary/aromatic N) is 2. The smallest absolute Gasteiger partial charge is 0.0300 e. The lowest BCUT2D eigenvalue weighted by Crippen LogP contribution is -2.57. The van der Waals surface area contributed by atoms with Gasteiger partial charge < -0.3 is 10.6 Å². The summed E-state index contributed by atoms with van der Waals surface area (Å²) in [5.41, 5.74) is 1.53. The van der Waals surface area contributed by atoms with E-state index >= 15 is 0 Å². The molecule has 2 rings (SSSR count). The van der Waals surface area contributed by atoms with E-state index in [1.54, 1.807) is 0 Å². The highest BCUT2D eigenvalue weighted by Crippen LogP contribution is 2.13. The average Bonchev–Trinajstić information content (AvgIpc) is 2.46. The van der Waals surface area contributed by atoms with Crippen LogP contribution in [-0.2, 0) is 6.42 Å². The Morgan fingerprint density at radius 1 is 1.37 bits per heavy atom. The molecular weight excluding hydrogens is 236 g/mol. The van der Waals surface area contributed by atoms with Crippen LogP contribution in [0.25, 0.3) is 0 Å². The number of piperazine rings is 1. The van der Waals surface area contributed by atoms with Gasteiger partial charge >= 0.3 is 0 Å². The standard InChI is InChI=1S/C15H26N4/c1-15(2,19-10-8-16-9-11-19)13-18-7-5-14-4-3-6-17-12-14/h3-4,6,12,16,18H,5,7-11,13H2,1-2H3. The van der Waals surface area contributed by atoms with Crippen LogP contribution in [0.4, 0.5) is 0 Å². The predicted octanol–water partition coefficient (Wildman–Crippen LogP) is 0.898. The van der Waals surface area contributed by atoms with Crippen LogP contribution < -0.4 is 10.6 Å². The number of rotatable bonds is 6. The molecule has 4 heteroatoms. The van der Waals surface area contributed by atoms with Gasteiger partial charge in [0.1, 0.15) is 0 Å². The van der Waals surface area contributed by atoms with E-state index < -0.39 is 0 Å². The van der Waals surface area contributed by atoms with Crippen molar-refractivity contribution in [3.05, 3.63) is 30.1 Å². The van der Waals surface area contributed by atoms with E-state index in [2.05, 4.69) is 40.4 Å². The van der Waals surface area contributed by atoms with Crippen molar-refractivity contribution in [3.63, 3.8) is 0 Å². The zero-order chi connectivity index (χ0) is 13.6. The van der Waals surface area contributed by atoms with E-state index in [0.29, 0.717) is 0 Å². The minimum atomic E-state index is 0.233. The SMILES string of the molecule is CC(C)(CNCCc1cccnc1)N1CCNCC1. The van der Waals surface area contributed by atoms with E-state index in [0.717, 1.165) is 45.7 Å². The van der Waals surface area contributed by atoms with Gasteiger partial charge in [-0.25, -0.2) is 0 Å². The zero-order valence-corrected chi connectivity index (χ0v) is 12.2. The monoisotopic (exact) mass is 262 g/mol. The molecule has 4 nitrogen and oxygen atoms in total. The van der Waals surface area contributed by atoms with Crippen LogP contribution in [0.2, 0.25) is 0 Å². The molecule has 19 heavy (non-hydrogen) atoms. The highest BCUT2D eigenvalue weighted by Gasteiger charge is 2.26. The highest BCUT2D eigenvalue weighted by molar-refractivity contribution is 5.08. The molecule has 0 radical (unpaired) electrons. The maximum Gasteiger partial charge on any atom is 0.0300 e. The summed E-state index contributed by atoms with van der Waals surface area (Å²) in [6.45, 7) is 11.2. The van der Waals surface area contributed by atoms with Crippen molar-refractivity contribution < 1.29 is 0 Å². The number of pyridine rings is 1. The number of hydrogen-bond acceptors (Lipinski definition) is 4. The molecule has 0 amide bonds. The summed E-state index contributed by atoms with van der Waals surface area (Å²) in [7, 11) is 0. The molecular formula is C15H26N4. The van der Waals surface area contributed by atoms with Crippen LogP contribution in [0, 0.1) is 0 Å². The van der Waals surface area contributed by atoms with Crippen LogP contribution in [-0.4, -0.2) is 54.7 Å². The molecule has 2 heterocycles. The molecule has 0 atom stereocenters. The Bertz CT molecular complexity index is 358. The fraction of sp³-hybridized carbons (Fsp3) is 0.667. The zero-order valence-electron chi connectivity index (χ0n) is 12.2. The highest BCUT2D eigenvalue weighted by atomic mass is 15.2. The summed E-state index contributed by atoms with van der Waals surface area (Å²) in [5.74, 6) is 0. The molecule has 1 aromatic heterocycles. The molecule has 106 valence electrons. The normalized spacial score (nSPS) is 17.6. The quantitative estimate of drug-likeness (QED) is 0.747. The Hall–Kier alpha value is -0.970. The molecule has 1 saturated heterocycles. The maximum absolute atomic E-state index is 4.14. The summed E-state index contributed by atoms with van der Waals surface area (Å²) >= 11 is 0. The van der Waals surface area contributed by atoms with E-state index in [9.17, 15) is 0 Å². The fourth-order valence-corrected chi connectivity index (χ4v) is 2.55. The maximum atomic E-state index is 4.14. The van der Waals surface area contributed by atoms with Crippen molar-refractivity contribution in [1.29, 1.82) is 0 Å². The molecule has 0 spiro atoms. The van der Waals surface area contributed by atoms with Crippen LogP contribution in [0.15, 0.2) is 24.5 Å². The van der Waals surface area contributed by atoms with Crippen LogP contribution in [0.5, 0.6) is 0 Å². The van der Waals surface area contributed by atoms with Gasteiger partial charge in [-0.3, -0.25) is 9.88 Å². The van der Waals surface area contributed by atoms with Gasteiger partial charge in [-0.2, -0.15) is 0 Å². The molecule has 1 fully saturated rings. The number of hydrogen-bond donors (Lipinski definition) is 2. The summed E-state index contributed by atoms with van der Waals surface area (Å²) in [5, 5.41) is 6.99. The lowest BCUT2D eigenvalue weighted by Gasteiger charge is -2.41.